The Hall–Kier alpha value is -2.03. The number of rotatable bonds is 4. The van der Waals surface area contributed by atoms with Gasteiger partial charge in [-0.3, -0.25) is 0 Å². The summed E-state index contributed by atoms with van der Waals surface area (Å²) >= 11 is 3.02. The highest BCUT2D eigenvalue weighted by molar-refractivity contribution is 9.10. The van der Waals surface area contributed by atoms with Crippen LogP contribution < -0.4 is 15.5 Å². The molecule has 9 heteroatoms. The highest BCUT2D eigenvalue weighted by Crippen LogP contribution is 2.26. The summed E-state index contributed by atoms with van der Waals surface area (Å²) in [4.78, 5) is 13.9. The summed E-state index contributed by atoms with van der Waals surface area (Å²) in [5.41, 5.74) is -0.323. The summed E-state index contributed by atoms with van der Waals surface area (Å²) in [7, 11) is 5.14. The fourth-order valence-electron chi connectivity index (χ4n) is 1.51. The second-order valence-electron chi connectivity index (χ2n) is 4.30. The van der Waals surface area contributed by atoms with Gasteiger partial charge in [0.2, 0.25) is 17.8 Å². The minimum atomic E-state index is -0.750. The second-order valence-corrected chi connectivity index (χ2v) is 5.21. The lowest BCUT2D eigenvalue weighted by Gasteiger charge is -2.14. The van der Waals surface area contributed by atoms with Crippen LogP contribution in [0.5, 0.6) is 0 Å². The number of nitrogens with zero attached hydrogens (tertiary/aromatic N) is 4. The van der Waals surface area contributed by atoms with Crippen LogP contribution >= 0.6 is 15.9 Å². The van der Waals surface area contributed by atoms with Crippen LogP contribution in [0.1, 0.15) is 0 Å². The maximum Gasteiger partial charge on any atom is 0.233 e. The first-order chi connectivity index (χ1) is 9.90. The Balaban J connectivity index is 2.42. The van der Waals surface area contributed by atoms with Crippen LogP contribution in [0.4, 0.5) is 32.3 Å². The zero-order chi connectivity index (χ0) is 15.6. The normalized spacial score (nSPS) is 10.4. The fourth-order valence-corrected chi connectivity index (χ4v) is 1.91. The van der Waals surface area contributed by atoms with Crippen molar-refractivity contribution >= 4 is 39.5 Å². The maximum absolute atomic E-state index is 13.8. The van der Waals surface area contributed by atoms with Crippen molar-refractivity contribution in [2.75, 3.05) is 36.7 Å². The molecule has 0 saturated carbocycles. The van der Waals surface area contributed by atoms with Crippen LogP contribution in [-0.2, 0) is 0 Å². The minimum absolute atomic E-state index is 0.0400. The predicted molar refractivity (Wildman–Crippen MR) is 81.0 cm³/mol. The van der Waals surface area contributed by atoms with Crippen molar-refractivity contribution in [3.05, 3.63) is 28.2 Å². The largest absolute Gasteiger partial charge is 0.357 e. The molecule has 0 aliphatic heterocycles. The summed E-state index contributed by atoms with van der Waals surface area (Å²) in [6, 6.07) is 2.30. The number of aromatic nitrogens is 3. The average Bonchev–Trinajstić information content (AvgIpc) is 2.42. The van der Waals surface area contributed by atoms with Gasteiger partial charge in [0.25, 0.3) is 0 Å². The lowest BCUT2D eigenvalue weighted by Crippen LogP contribution is -2.16. The Morgan fingerprint density at radius 3 is 2.14 bits per heavy atom. The molecule has 0 amide bonds. The number of benzene rings is 1. The van der Waals surface area contributed by atoms with Crippen molar-refractivity contribution in [2.45, 2.75) is 0 Å². The Morgan fingerprint density at radius 2 is 1.62 bits per heavy atom. The van der Waals surface area contributed by atoms with E-state index in [0.717, 1.165) is 12.1 Å². The van der Waals surface area contributed by atoms with Crippen LogP contribution in [0.25, 0.3) is 0 Å². The molecular weight excluding hydrogens is 346 g/mol. The highest BCUT2D eigenvalue weighted by Gasteiger charge is 2.14. The molecule has 0 bridgehead atoms. The van der Waals surface area contributed by atoms with Crippen molar-refractivity contribution in [1.29, 1.82) is 0 Å². The molecule has 0 fully saturated rings. The molecule has 2 N–H and O–H groups in total. The van der Waals surface area contributed by atoms with E-state index in [-0.39, 0.29) is 17.6 Å². The van der Waals surface area contributed by atoms with E-state index in [0.29, 0.717) is 10.4 Å². The average molecular weight is 359 g/mol. The first-order valence-corrected chi connectivity index (χ1v) is 6.72. The van der Waals surface area contributed by atoms with Gasteiger partial charge < -0.3 is 15.5 Å². The van der Waals surface area contributed by atoms with Gasteiger partial charge in [0, 0.05) is 25.6 Å². The first kappa shape index (κ1) is 15.4. The molecule has 0 atom stereocenters. The van der Waals surface area contributed by atoms with E-state index in [2.05, 4.69) is 41.5 Å². The third kappa shape index (κ3) is 3.54. The molecule has 0 saturated heterocycles. The number of nitrogens with one attached hydrogen (secondary N) is 2. The monoisotopic (exact) mass is 358 g/mol. The number of hydrogen-bond acceptors (Lipinski definition) is 6. The van der Waals surface area contributed by atoms with E-state index < -0.39 is 11.6 Å². The third-order valence-electron chi connectivity index (χ3n) is 2.49. The van der Waals surface area contributed by atoms with E-state index in [1.165, 1.54) is 0 Å². The topological polar surface area (TPSA) is 66.0 Å². The van der Waals surface area contributed by atoms with Gasteiger partial charge in [0.1, 0.15) is 5.69 Å². The molecule has 0 aliphatic rings. The standard InChI is InChI=1S/C12H13BrF2N6/c1-16-10-18-11(20-12(19-10)21(2)3)17-9-7(14)4-6(13)5-8(9)15/h4-5H,1-3H3,(H2,16,17,18,19,20). The molecule has 1 aromatic heterocycles. The fraction of sp³-hybridized carbons (Fsp3) is 0.250. The molecule has 0 aliphatic carbocycles. The SMILES string of the molecule is CNc1nc(Nc2c(F)cc(Br)cc2F)nc(N(C)C)n1. The molecule has 0 unspecified atom stereocenters. The van der Waals surface area contributed by atoms with Crippen LogP contribution in [0, 0.1) is 11.6 Å². The van der Waals surface area contributed by atoms with Crippen LogP contribution in [0.2, 0.25) is 0 Å². The lowest BCUT2D eigenvalue weighted by atomic mass is 10.3. The number of anilines is 4. The van der Waals surface area contributed by atoms with E-state index in [1.54, 1.807) is 26.0 Å². The summed E-state index contributed by atoms with van der Waals surface area (Å²) in [5, 5.41) is 5.30. The predicted octanol–water partition coefficient (Wildman–Crippen LogP) is 2.76. The molecule has 1 aromatic carbocycles. The van der Waals surface area contributed by atoms with E-state index in [4.69, 9.17) is 0 Å². The Morgan fingerprint density at radius 1 is 1.05 bits per heavy atom. The van der Waals surface area contributed by atoms with E-state index in [9.17, 15) is 8.78 Å². The van der Waals surface area contributed by atoms with Crippen LogP contribution in [-0.4, -0.2) is 36.1 Å². The van der Waals surface area contributed by atoms with Crippen LogP contribution in [0.15, 0.2) is 16.6 Å². The quantitative estimate of drug-likeness (QED) is 0.875. The van der Waals surface area contributed by atoms with E-state index >= 15 is 0 Å². The van der Waals surface area contributed by atoms with Gasteiger partial charge in [0.05, 0.1) is 0 Å². The van der Waals surface area contributed by atoms with Crippen LogP contribution in [0.3, 0.4) is 0 Å². The molecule has 21 heavy (non-hydrogen) atoms. The molecule has 112 valence electrons. The van der Waals surface area contributed by atoms with Crippen molar-refractivity contribution in [3.63, 3.8) is 0 Å². The summed E-state index contributed by atoms with van der Waals surface area (Å²) < 4.78 is 27.9. The lowest BCUT2D eigenvalue weighted by molar-refractivity contribution is 0.589. The van der Waals surface area contributed by atoms with Gasteiger partial charge in [-0.2, -0.15) is 15.0 Å². The number of halogens is 3. The summed E-state index contributed by atoms with van der Waals surface area (Å²) in [6.45, 7) is 0. The third-order valence-corrected chi connectivity index (χ3v) is 2.95. The van der Waals surface area contributed by atoms with Crippen molar-refractivity contribution in [1.82, 2.24) is 15.0 Å². The molecule has 0 spiro atoms. The molecule has 6 nitrogen and oxygen atoms in total. The molecule has 2 aromatic rings. The number of hydrogen-bond donors (Lipinski definition) is 2. The Kier molecular flexibility index (Phi) is 4.51. The smallest absolute Gasteiger partial charge is 0.233 e. The second kappa shape index (κ2) is 6.17. The maximum atomic E-state index is 13.8. The Labute approximate surface area is 128 Å². The van der Waals surface area contributed by atoms with Gasteiger partial charge in [-0.1, -0.05) is 15.9 Å². The van der Waals surface area contributed by atoms with Crippen molar-refractivity contribution < 1.29 is 8.78 Å². The molecule has 1 heterocycles. The van der Waals surface area contributed by atoms with Gasteiger partial charge in [-0.05, 0) is 12.1 Å². The minimum Gasteiger partial charge on any atom is -0.357 e. The van der Waals surface area contributed by atoms with Gasteiger partial charge in [0.15, 0.2) is 11.6 Å². The van der Waals surface area contributed by atoms with Gasteiger partial charge >= 0.3 is 0 Å². The molecular formula is C12H13BrF2N6. The van der Waals surface area contributed by atoms with Crippen molar-refractivity contribution in [3.8, 4) is 0 Å². The molecule has 0 radical (unpaired) electrons. The summed E-state index contributed by atoms with van der Waals surface area (Å²) in [6.07, 6.45) is 0. The zero-order valence-electron chi connectivity index (χ0n) is 11.6. The first-order valence-electron chi connectivity index (χ1n) is 5.93. The Bertz CT molecular complexity index is 641. The van der Waals surface area contributed by atoms with E-state index in [1.807, 2.05) is 0 Å². The summed E-state index contributed by atoms with van der Waals surface area (Å²) in [5.74, 6) is -0.818. The van der Waals surface area contributed by atoms with Gasteiger partial charge in [-0.25, -0.2) is 8.78 Å². The zero-order valence-corrected chi connectivity index (χ0v) is 13.2. The highest BCUT2D eigenvalue weighted by atomic mass is 79.9. The van der Waals surface area contributed by atoms with Gasteiger partial charge in [-0.15, -0.1) is 0 Å². The van der Waals surface area contributed by atoms with Crippen molar-refractivity contribution in [2.24, 2.45) is 0 Å². The molecule has 2 rings (SSSR count).